The number of carbonyl (C=O) groups excluding carboxylic acids is 1. The van der Waals surface area contributed by atoms with Crippen molar-refractivity contribution < 1.29 is 9.53 Å². The van der Waals surface area contributed by atoms with Gasteiger partial charge in [0.2, 0.25) is 0 Å². The van der Waals surface area contributed by atoms with Crippen molar-refractivity contribution in [2.75, 3.05) is 23.9 Å². The van der Waals surface area contributed by atoms with Gasteiger partial charge in [0.05, 0.1) is 18.0 Å². The lowest BCUT2D eigenvalue weighted by atomic mass is 10.1. The van der Waals surface area contributed by atoms with Crippen LogP contribution in [0, 0.1) is 6.92 Å². The Morgan fingerprint density at radius 3 is 2.68 bits per heavy atom. The SMILES string of the molecule is CCOC(=O)N(C)c1ccc2c(Nc3cc(C)[nH]n3)nn(C(C)C)c(=O)c2c1. The van der Waals surface area contributed by atoms with E-state index in [4.69, 9.17) is 4.74 Å². The third-order valence-corrected chi connectivity index (χ3v) is 4.28. The average Bonchev–Trinajstić information content (AvgIpc) is 3.07. The summed E-state index contributed by atoms with van der Waals surface area (Å²) in [6.07, 6.45) is -0.481. The Hall–Kier alpha value is -3.36. The number of aromatic amines is 1. The summed E-state index contributed by atoms with van der Waals surface area (Å²) in [5.41, 5.74) is 1.24. The molecule has 9 nitrogen and oxygen atoms in total. The number of nitrogens with zero attached hydrogens (tertiary/aromatic N) is 4. The topological polar surface area (TPSA) is 105 Å². The van der Waals surface area contributed by atoms with Gasteiger partial charge < -0.3 is 10.1 Å². The molecule has 1 amide bonds. The molecule has 148 valence electrons. The van der Waals surface area contributed by atoms with E-state index in [0.717, 1.165) is 5.69 Å². The monoisotopic (exact) mass is 384 g/mol. The predicted octanol–water partition coefficient (Wildman–Crippen LogP) is 3.35. The molecule has 3 rings (SSSR count). The number of carbonyl (C=O) groups is 1. The molecule has 0 saturated heterocycles. The number of hydrogen-bond donors (Lipinski definition) is 2. The van der Waals surface area contributed by atoms with Gasteiger partial charge in [-0.05, 0) is 45.9 Å². The fourth-order valence-electron chi connectivity index (χ4n) is 2.83. The van der Waals surface area contributed by atoms with Gasteiger partial charge in [0.1, 0.15) is 0 Å². The van der Waals surface area contributed by atoms with E-state index in [9.17, 15) is 9.59 Å². The van der Waals surface area contributed by atoms with Crippen LogP contribution in [-0.4, -0.2) is 39.7 Å². The van der Waals surface area contributed by atoms with Gasteiger partial charge >= 0.3 is 6.09 Å². The van der Waals surface area contributed by atoms with Crippen molar-refractivity contribution >= 4 is 34.2 Å². The number of rotatable bonds is 5. The molecule has 0 aliphatic rings. The molecule has 2 aromatic heterocycles. The minimum Gasteiger partial charge on any atom is -0.449 e. The van der Waals surface area contributed by atoms with Crippen LogP contribution in [-0.2, 0) is 4.74 Å². The largest absolute Gasteiger partial charge is 0.449 e. The van der Waals surface area contributed by atoms with E-state index >= 15 is 0 Å². The lowest BCUT2D eigenvalue weighted by molar-refractivity contribution is 0.161. The van der Waals surface area contributed by atoms with Gasteiger partial charge in [-0.2, -0.15) is 10.2 Å². The molecule has 3 aromatic rings. The molecule has 0 saturated carbocycles. The van der Waals surface area contributed by atoms with Crippen molar-refractivity contribution in [1.29, 1.82) is 0 Å². The molecule has 0 unspecified atom stereocenters. The number of H-pyrrole nitrogens is 1. The molecular formula is C19H24N6O3. The highest BCUT2D eigenvalue weighted by atomic mass is 16.6. The third-order valence-electron chi connectivity index (χ3n) is 4.28. The van der Waals surface area contributed by atoms with E-state index < -0.39 is 6.09 Å². The minimum absolute atomic E-state index is 0.134. The zero-order chi connectivity index (χ0) is 20.4. The molecule has 0 spiro atoms. The molecule has 0 fully saturated rings. The van der Waals surface area contributed by atoms with Crippen LogP contribution in [0.3, 0.4) is 0 Å². The minimum atomic E-state index is -0.481. The number of aromatic nitrogens is 4. The lowest BCUT2D eigenvalue weighted by Gasteiger charge is -2.18. The second-order valence-corrected chi connectivity index (χ2v) is 6.74. The van der Waals surface area contributed by atoms with E-state index in [-0.39, 0.29) is 18.2 Å². The Labute approximate surface area is 162 Å². The maximum absolute atomic E-state index is 13.0. The molecular weight excluding hydrogens is 360 g/mol. The first kappa shape index (κ1) is 19.4. The van der Waals surface area contributed by atoms with Crippen molar-refractivity contribution in [3.8, 4) is 0 Å². The number of anilines is 3. The summed E-state index contributed by atoms with van der Waals surface area (Å²) in [5, 5.41) is 15.8. The van der Waals surface area contributed by atoms with E-state index in [2.05, 4.69) is 20.6 Å². The predicted molar refractivity (Wildman–Crippen MR) is 108 cm³/mol. The van der Waals surface area contributed by atoms with Gasteiger partial charge in [0.15, 0.2) is 11.6 Å². The summed E-state index contributed by atoms with van der Waals surface area (Å²) in [4.78, 5) is 26.4. The number of ether oxygens (including phenoxy) is 1. The molecule has 0 aliphatic heterocycles. The van der Waals surface area contributed by atoms with Crippen LogP contribution >= 0.6 is 0 Å². The first-order chi connectivity index (χ1) is 13.3. The second-order valence-electron chi connectivity index (χ2n) is 6.74. The highest BCUT2D eigenvalue weighted by Gasteiger charge is 2.17. The Kier molecular flexibility index (Phi) is 5.34. The van der Waals surface area contributed by atoms with Gasteiger partial charge in [0.25, 0.3) is 5.56 Å². The number of amides is 1. The Morgan fingerprint density at radius 2 is 2.07 bits per heavy atom. The number of fused-ring (bicyclic) bond motifs is 1. The van der Waals surface area contributed by atoms with Gasteiger partial charge in [0, 0.05) is 29.9 Å². The van der Waals surface area contributed by atoms with E-state index in [1.807, 2.05) is 26.8 Å². The normalized spacial score (nSPS) is 11.1. The lowest BCUT2D eigenvalue weighted by Crippen LogP contribution is -2.28. The maximum Gasteiger partial charge on any atom is 0.413 e. The fraction of sp³-hybridized carbons (Fsp3) is 0.368. The summed E-state index contributed by atoms with van der Waals surface area (Å²) in [7, 11) is 1.60. The van der Waals surface area contributed by atoms with Crippen LogP contribution in [0.4, 0.5) is 22.1 Å². The molecule has 0 aliphatic carbocycles. The second kappa shape index (κ2) is 7.71. The van der Waals surface area contributed by atoms with Crippen LogP contribution in [0.2, 0.25) is 0 Å². The van der Waals surface area contributed by atoms with E-state index in [0.29, 0.717) is 28.1 Å². The molecule has 0 radical (unpaired) electrons. The van der Waals surface area contributed by atoms with Crippen LogP contribution in [0.5, 0.6) is 0 Å². The van der Waals surface area contributed by atoms with Crippen LogP contribution in [0.25, 0.3) is 10.8 Å². The average molecular weight is 384 g/mol. The zero-order valence-corrected chi connectivity index (χ0v) is 16.6. The number of benzene rings is 1. The van der Waals surface area contributed by atoms with E-state index in [1.165, 1.54) is 9.58 Å². The summed E-state index contributed by atoms with van der Waals surface area (Å²) in [6, 6.07) is 6.91. The van der Waals surface area contributed by atoms with Gasteiger partial charge in [-0.15, -0.1) is 0 Å². The van der Waals surface area contributed by atoms with Crippen LogP contribution < -0.4 is 15.8 Å². The Morgan fingerprint density at radius 1 is 1.32 bits per heavy atom. The maximum atomic E-state index is 13.0. The molecule has 28 heavy (non-hydrogen) atoms. The van der Waals surface area contributed by atoms with Crippen LogP contribution in [0.1, 0.15) is 32.5 Å². The smallest absolute Gasteiger partial charge is 0.413 e. The fourth-order valence-corrected chi connectivity index (χ4v) is 2.83. The Bertz CT molecular complexity index is 1070. The van der Waals surface area contributed by atoms with Crippen LogP contribution in [0.15, 0.2) is 29.1 Å². The molecule has 1 aromatic carbocycles. The van der Waals surface area contributed by atoms with Crippen molar-refractivity contribution in [2.24, 2.45) is 0 Å². The summed E-state index contributed by atoms with van der Waals surface area (Å²) >= 11 is 0. The number of aryl methyl sites for hydroxylation is 1. The van der Waals surface area contributed by atoms with Gasteiger partial charge in [-0.25, -0.2) is 9.48 Å². The summed E-state index contributed by atoms with van der Waals surface area (Å²) in [5.74, 6) is 1.12. The van der Waals surface area contributed by atoms with Crippen molar-refractivity contribution in [3.05, 3.63) is 40.3 Å². The molecule has 9 heteroatoms. The number of hydrogen-bond acceptors (Lipinski definition) is 6. The highest BCUT2D eigenvalue weighted by Crippen LogP contribution is 2.26. The zero-order valence-electron chi connectivity index (χ0n) is 16.6. The molecule has 0 atom stereocenters. The summed E-state index contributed by atoms with van der Waals surface area (Å²) < 4.78 is 6.45. The van der Waals surface area contributed by atoms with E-state index in [1.54, 1.807) is 32.2 Å². The standard InChI is InChI=1S/C19H24N6O3/c1-6-28-19(27)24(5)13-7-8-14-15(10-13)18(26)25(11(2)3)23-17(14)20-16-9-12(4)21-22-16/h7-11H,6H2,1-5H3,(H2,20,21,22,23). The van der Waals surface area contributed by atoms with Gasteiger partial charge in [-0.3, -0.25) is 14.8 Å². The Balaban J connectivity index is 2.14. The summed E-state index contributed by atoms with van der Waals surface area (Å²) in [6.45, 7) is 7.69. The molecule has 2 heterocycles. The quantitative estimate of drug-likeness (QED) is 0.699. The van der Waals surface area contributed by atoms with Gasteiger partial charge in [-0.1, -0.05) is 0 Å². The highest BCUT2D eigenvalue weighted by molar-refractivity contribution is 5.97. The number of nitrogens with one attached hydrogen (secondary N) is 2. The van der Waals surface area contributed by atoms with Crippen molar-refractivity contribution in [1.82, 2.24) is 20.0 Å². The van der Waals surface area contributed by atoms with Crippen molar-refractivity contribution in [2.45, 2.75) is 33.7 Å². The molecule has 2 N–H and O–H groups in total. The first-order valence-corrected chi connectivity index (χ1v) is 9.08. The third kappa shape index (κ3) is 3.68. The first-order valence-electron chi connectivity index (χ1n) is 9.08. The molecule has 0 bridgehead atoms. The van der Waals surface area contributed by atoms with Crippen molar-refractivity contribution in [3.63, 3.8) is 0 Å².